The van der Waals surface area contributed by atoms with Crippen molar-refractivity contribution in [2.75, 3.05) is 6.54 Å². The van der Waals surface area contributed by atoms with Crippen molar-refractivity contribution < 1.29 is 8.42 Å². The summed E-state index contributed by atoms with van der Waals surface area (Å²) in [5, 5.41) is 0. The van der Waals surface area contributed by atoms with Crippen molar-refractivity contribution in [2.24, 2.45) is 0 Å². The maximum Gasteiger partial charge on any atom is 0.243 e. The first-order chi connectivity index (χ1) is 12.5. The molecule has 4 heteroatoms. The molecule has 0 radical (unpaired) electrons. The van der Waals surface area contributed by atoms with Gasteiger partial charge in [-0.2, -0.15) is 4.31 Å². The Bertz CT molecular complexity index is 853. The molecule has 1 saturated carbocycles. The van der Waals surface area contributed by atoms with Gasteiger partial charge < -0.3 is 0 Å². The first-order valence-corrected chi connectivity index (χ1v) is 11.1. The van der Waals surface area contributed by atoms with Crippen LogP contribution in [0.5, 0.6) is 0 Å². The molecule has 1 saturated heterocycles. The van der Waals surface area contributed by atoms with E-state index in [2.05, 4.69) is 24.3 Å². The fourth-order valence-corrected chi connectivity index (χ4v) is 6.90. The van der Waals surface area contributed by atoms with Crippen LogP contribution in [-0.2, 0) is 10.0 Å². The SMILES string of the molecule is Cc1ccc(S(=O)(=O)N2CCC(c3ccccc3)C23CCCCC3)cc1. The molecule has 2 aromatic rings. The Balaban J connectivity index is 1.77. The summed E-state index contributed by atoms with van der Waals surface area (Å²) in [6.45, 7) is 2.61. The van der Waals surface area contributed by atoms with Crippen molar-refractivity contribution in [1.82, 2.24) is 4.31 Å². The Morgan fingerprint density at radius 1 is 0.923 bits per heavy atom. The van der Waals surface area contributed by atoms with Crippen LogP contribution in [0.1, 0.15) is 55.6 Å². The Morgan fingerprint density at radius 3 is 2.23 bits per heavy atom. The molecule has 3 nitrogen and oxygen atoms in total. The Morgan fingerprint density at radius 2 is 1.58 bits per heavy atom. The maximum atomic E-state index is 13.5. The molecule has 1 heterocycles. The summed E-state index contributed by atoms with van der Waals surface area (Å²) < 4.78 is 28.9. The van der Waals surface area contributed by atoms with E-state index in [1.54, 1.807) is 12.1 Å². The molecule has 2 aliphatic rings. The molecule has 4 rings (SSSR count). The van der Waals surface area contributed by atoms with Crippen LogP contribution in [-0.4, -0.2) is 24.8 Å². The zero-order chi connectivity index (χ0) is 18.2. The first kappa shape index (κ1) is 17.7. The summed E-state index contributed by atoms with van der Waals surface area (Å²) >= 11 is 0. The van der Waals surface area contributed by atoms with Crippen molar-refractivity contribution >= 4 is 10.0 Å². The number of aryl methyl sites for hydroxylation is 1. The van der Waals surface area contributed by atoms with E-state index in [0.29, 0.717) is 17.4 Å². The van der Waals surface area contributed by atoms with Gasteiger partial charge in [-0.3, -0.25) is 0 Å². The van der Waals surface area contributed by atoms with E-state index < -0.39 is 10.0 Å². The molecule has 138 valence electrons. The van der Waals surface area contributed by atoms with Gasteiger partial charge in [0.05, 0.1) is 4.90 Å². The van der Waals surface area contributed by atoms with Gasteiger partial charge in [0.2, 0.25) is 10.0 Å². The zero-order valence-corrected chi connectivity index (χ0v) is 16.2. The lowest BCUT2D eigenvalue weighted by Gasteiger charge is -2.44. The monoisotopic (exact) mass is 369 g/mol. The van der Waals surface area contributed by atoms with Gasteiger partial charge in [0, 0.05) is 18.0 Å². The van der Waals surface area contributed by atoms with E-state index in [-0.39, 0.29) is 5.54 Å². The van der Waals surface area contributed by atoms with Gasteiger partial charge in [-0.05, 0) is 43.9 Å². The van der Waals surface area contributed by atoms with Gasteiger partial charge in [0.1, 0.15) is 0 Å². The molecule has 0 amide bonds. The molecule has 2 fully saturated rings. The minimum Gasteiger partial charge on any atom is -0.207 e. The highest BCUT2D eigenvalue weighted by atomic mass is 32.2. The van der Waals surface area contributed by atoms with E-state index in [9.17, 15) is 8.42 Å². The third-order valence-electron chi connectivity index (χ3n) is 6.30. The van der Waals surface area contributed by atoms with Crippen LogP contribution in [0, 0.1) is 6.92 Å². The highest BCUT2D eigenvalue weighted by molar-refractivity contribution is 7.89. The number of nitrogens with zero attached hydrogens (tertiary/aromatic N) is 1. The molecule has 0 aromatic heterocycles. The number of hydrogen-bond donors (Lipinski definition) is 0. The van der Waals surface area contributed by atoms with Gasteiger partial charge in [-0.25, -0.2) is 8.42 Å². The molecular weight excluding hydrogens is 342 g/mol. The van der Waals surface area contributed by atoms with E-state index in [0.717, 1.165) is 37.7 Å². The third kappa shape index (κ3) is 2.89. The number of hydrogen-bond acceptors (Lipinski definition) is 2. The average Bonchev–Trinajstić information content (AvgIpc) is 3.02. The third-order valence-corrected chi connectivity index (χ3v) is 8.29. The summed E-state index contributed by atoms with van der Waals surface area (Å²) in [7, 11) is -3.47. The van der Waals surface area contributed by atoms with E-state index >= 15 is 0 Å². The number of sulfonamides is 1. The van der Waals surface area contributed by atoms with Gasteiger partial charge >= 0.3 is 0 Å². The molecule has 1 atom stereocenters. The summed E-state index contributed by atoms with van der Waals surface area (Å²) in [6, 6.07) is 17.8. The minimum atomic E-state index is -3.47. The van der Waals surface area contributed by atoms with E-state index in [4.69, 9.17) is 0 Å². The minimum absolute atomic E-state index is 0.261. The number of rotatable bonds is 3. The highest BCUT2D eigenvalue weighted by Gasteiger charge is 2.54. The molecule has 1 spiro atoms. The normalized spacial score (nSPS) is 23.3. The fourth-order valence-electron chi connectivity index (χ4n) is 5.03. The van der Waals surface area contributed by atoms with Crippen LogP contribution >= 0.6 is 0 Å². The first-order valence-electron chi connectivity index (χ1n) is 9.68. The summed E-state index contributed by atoms with van der Waals surface area (Å²) in [5.74, 6) is 0.296. The van der Waals surface area contributed by atoms with Crippen molar-refractivity contribution in [3.05, 3.63) is 65.7 Å². The molecule has 1 unspecified atom stereocenters. The largest absolute Gasteiger partial charge is 0.243 e. The smallest absolute Gasteiger partial charge is 0.207 e. The molecule has 1 aliphatic carbocycles. The molecule has 0 N–H and O–H groups in total. The molecular formula is C22H27NO2S. The van der Waals surface area contributed by atoms with E-state index in [1.807, 2.05) is 29.4 Å². The second kappa shape index (κ2) is 6.82. The lowest BCUT2D eigenvalue weighted by molar-refractivity contribution is 0.153. The van der Waals surface area contributed by atoms with Crippen molar-refractivity contribution in [1.29, 1.82) is 0 Å². The van der Waals surface area contributed by atoms with Crippen LogP contribution in [0.25, 0.3) is 0 Å². The average molecular weight is 370 g/mol. The second-order valence-corrected chi connectivity index (χ2v) is 9.67. The van der Waals surface area contributed by atoms with Gasteiger partial charge in [-0.1, -0.05) is 67.3 Å². The zero-order valence-electron chi connectivity index (χ0n) is 15.4. The van der Waals surface area contributed by atoms with Crippen LogP contribution in [0.4, 0.5) is 0 Å². The standard InChI is InChI=1S/C22H27NO2S/c1-18-10-12-20(13-11-18)26(24,25)23-17-14-21(19-8-4-2-5-9-19)22(23)15-6-3-7-16-22/h2,4-5,8-13,21H,3,6-7,14-17H2,1H3. The van der Waals surface area contributed by atoms with Crippen LogP contribution in [0.15, 0.2) is 59.5 Å². The number of benzene rings is 2. The Hall–Kier alpha value is -1.65. The van der Waals surface area contributed by atoms with Crippen LogP contribution in [0.2, 0.25) is 0 Å². The topological polar surface area (TPSA) is 37.4 Å². The lowest BCUT2D eigenvalue weighted by Crippen LogP contribution is -2.51. The maximum absolute atomic E-state index is 13.5. The van der Waals surface area contributed by atoms with Crippen molar-refractivity contribution in [3.8, 4) is 0 Å². The summed E-state index contributed by atoms with van der Waals surface area (Å²) in [4.78, 5) is 0.432. The molecule has 2 aromatic carbocycles. The predicted octanol–water partition coefficient (Wildman–Crippen LogP) is 4.88. The van der Waals surface area contributed by atoms with E-state index in [1.165, 1.54) is 12.0 Å². The summed E-state index contributed by atoms with van der Waals surface area (Å²) in [5.41, 5.74) is 2.11. The lowest BCUT2D eigenvalue weighted by atomic mass is 9.71. The Kier molecular flexibility index (Phi) is 4.66. The predicted molar refractivity (Wildman–Crippen MR) is 105 cm³/mol. The van der Waals surface area contributed by atoms with Gasteiger partial charge in [0.15, 0.2) is 0 Å². The molecule has 0 bridgehead atoms. The van der Waals surface area contributed by atoms with Gasteiger partial charge in [-0.15, -0.1) is 0 Å². The van der Waals surface area contributed by atoms with Crippen LogP contribution < -0.4 is 0 Å². The molecule has 26 heavy (non-hydrogen) atoms. The summed E-state index contributed by atoms with van der Waals surface area (Å²) in [6.07, 6.45) is 6.29. The van der Waals surface area contributed by atoms with Crippen molar-refractivity contribution in [3.63, 3.8) is 0 Å². The fraction of sp³-hybridized carbons (Fsp3) is 0.455. The van der Waals surface area contributed by atoms with Gasteiger partial charge in [0.25, 0.3) is 0 Å². The van der Waals surface area contributed by atoms with Crippen LogP contribution in [0.3, 0.4) is 0 Å². The molecule has 1 aliphatic heterocycles. The quantitative estimate of drug-likeness (QED) is 0.773. The second-order valence-electron chi connectivity index (χ2n) is 7.81. The highest BCUT2D eigenvalue weighted by Crippen LogP contribution is 2.52. The Labute approximate surface area is 157 Å². The van der Waals surface area contributed by atoms with Crippen molar-refractivity contribution in [2.45, 2.75) is 61.8 Å².